The number of benzene rings is 1. The zero-order valence-corrected chi connectivity index (χ0v) is 10.2. The highest BCUT2D eigenvalue weighted by molar-refractivity contribution is 5.83. The molecule has 90 valence electrons. The number of pyridine rings is 1. The van der Waals surface area contributed by atoms with Gasteiger partial charge in [0.1, 0.15) is 11.6 Å². The van der Waals surface area contributed by atoms with Gasteiger partial charge in [0.25, 0.3) is 0 Å². The van der Waals surface area contributed by atoms with Gasteiger partial charge in [0.15, 0.2) is 0 Å². The van der Waals surface area contributed by atoms with Crippen molar-refractivity contribution < 1.29 is 5.11 Å². The van der Waals surface area contributed by atoms with Crippen LogP contribution in [0.1, 0.15) is 11.1 Å². The Bertz CT molecular complexity index is 731. The smallest absolute Gasteiger partial charge is 0.140 e. The fourth-order valence-electron chi connectivity index (χ4n) is 2.16. The van der Waals surface area contributed by atoms with Crippen molar-refractivity contribution in [2.45, 2.75) is 13.8 Å². The molecule has 4 heteroatoms. The Balaban J connectivity index is 2.22. The molecule has 0 unspecified atom stereocenters. The number of nitrogens with zero attached hydrogens (tertiary/aromatic N) is 2. The van der Waals surface area contributed by atoms with Crippen molar-refractivity contribution in [2.75, 3.05) is 0 Å². The lowest BCUT2D eigenvalue weighted by Gasteiger charge is -1.96. The number of fused-ring (bicyclic) bond motifs is 1. The van der Waals surface area contributed by atoms with E-state index >= 15 is 0 Å². The molecule has 2 aromatic heterocycles. The SMILES string of the molecule is Cc1cc(C)c2nc(-c3cncc(O)c3)[nH]c2c1. The summed E-state index contributed by atoms with van der Waals surface area (Å²) in [6, 6.07) is 5.82. The van der Waals surface area contributed by atoms with Crippen LogP contribution in [0.5, 0.6) is 5.75 Å². The van der Waals surface area contributed by atoms with Gasteiger partial charge in [-0.15, -0.1) is 0 Å². The van der Waals surface area contributed by atoms with Crippen LogP contribution in [0.25, 0.3) is 22.4 Å². The average molecular weight is 239 g/mol. The van der Waals surface area contributed by atoms with Gasteiger partial charge in [-0.1, -0.05) is 6.07 Å². The van der Waals surface area contributed by atoms with Gasteiger partial charge in [0.2, 0.25) is 0 Å². The van der Waals surface area contributed by atoms with Gasteiger partial charge >= 0.3 is 0 Å². The van der Waals surface area contributed by atoms with Crippen LogP contribution in [-0.4, -0.2) is 20.1 Å². The molecule has 4 nitrogen and oxygen atoms in total. The van der Waals surface area contributed by atoms with Crippen molar-refractivity contribution >= 4 is 11.0 Å². The van der Waals surface area contributed by atoms with Crippen molar-refractivity contribution in [1.82, 2.24) is 15.0 Å². The Kier molecular flexibility index (Phi) is 2.30. The maximum Gasteiger partial charge on any atom is 0.140 e. The van der Waals surface area contributed by atoms with Crippen LogP contribution in [0.15, 0.2) is 30.6 Å². The Morgan fingerprint density at radius 1 is 1.11 bits per heavy atom. The number of H-pyrrole nitrogens is 1. The predicted octanol–water partition coefficient (Wildman–Crippen LogP) is 2.95. The van der Waals surface area contributed by atoms with E-state index in [4.69, 9.17) is 0 Å². The van der Waals surface area contributed by atoms with E-state index in [1.165, 1.54) is 11.8 Å². The van der Waals surface area contributed by atoms with E-state index in [1.807, 2.05) is 6.92 Å². The van der Waals surface area contributed by atoms with Gasteiger partial charge in [-0.25, -0.2) is 4.98 Å². The third kappa shape index (κ3) is 1.72. The molecule has 2 heterocycles. The molecule has 2 N–H and O–H groups in total. The van der Waals surface area contributed by atoms with Gasteiger partial charge in [-0.05, 0) is 37.1 Å². The average Bonchev–Trinajstić information content (AvgIpc) is 2.73. The van der Waals surface area contributed by atoms with Gasteiger partial charge < -0.3 is 10.1 Å². The van der Waals surface area contributed by atoms with Crippen LogP contribution in [0.4, 0.5) is 0 Å². The third-order valence-electron chi connectivity index (χ3n) is 2.92. The van der Waals surface area contributed by atoms with Crippen LogP contribution in [0.3, 0.4) is 0 Å². The highest BCUT2D eigenvalue weighted by Gasteiger charge is 2.08. The summed E-state index contributed by atoms with van der Waals surface area (Å²) in [4.78, 5) is 11.8. The molecule has 18 heavy (non-hydrogen) atoms. The number of hydrogen-bond acceptors (Lipinski definition) is 3. The molecule has 0 spiro atoms. The van der Waals surface area contributed by atoms with Crippen molar-refractivity contribution in [1.29, 1.82) is 0 Å². The number of aryl methyl sites for hydroxylation is 2. The lowest BCUT2D eigenvalue weighted by Crippen LogP contribution is -1.81. The minimum Gasteiger partial charge on any atom is -0.506 e. The second-order valence-electron chi connectivity index (χ2n) is 4.50. The molecular weight excluding hydrogens is 226 g/mol. The summed E-state index contributed by atoms with van der Waals surface area (Å²) in [6.07, 6.45) is 3.08. The van der Waals surface area contributed by atoms with Gasteiger partial charge in [0.05, 0.1) is 17.2 Å². The van der Waals surface area contributed by atoms with E-state index in [-0.39, 0.29) is 5.75 Å². The largest absolute Gasteiger partial charge is 0.506 e. The molecular formula is C14H13N3O. The Hall–Kier alpha value is -2.36. The van der Waals surface area contributed by atoms with Crippen molar-refractivity contribution in [3.8, 4) is 17.1 Å². The minimum absolute atomic E-state index is 0.140. The first-order valence-corrected chi connectivity index (χ1v) is 5.75. The molecule has 3 aromatic rings. The molecule has 0 atom stereocenters. The van der Waals surface area contributed by atoms with E-state index < -0.39 is 0 Å². The van der Waals surface area contributed by atoms with Crippen molar-refractivity contribution in [2.24, 2.45) is 0 Å². The molecule has 3 rings (SSSR count). The number of aromatic hydroxyl groups is 1. The van der Waals surface area contributed by atoms with Gasteiger partial charge in [-0.3, -0.25) is 4.98 Å². The Morgan fingerprint density at radius 3 is 2.72 bits per heavy atom. The van der Waals surface area contributed by atoms with Crippen LogP contribution in [0.2, 0.25) is 0 Å². The fraction of sp³-hybridized carbons (Fsp3) is 0.143. The normalized spacial score (nSPS) is 11.0. The Labute approximate surface area is 104 Å². The van der Waals surface area contributed by atoms with Crippen LogP contribution in [-0.2, 0) is 0 Å². The number of rotatable bonds is 1. The summed E-state index contributed by atoms with van der Waals surface area (Å²) in [5, 5.41) is 9.44. The number of nitrogens with one attached hydrogen (secondary N) is 1. The van der Waals surface area contributed by atoms with Gasteiger partial charge in [-0.2, -0.15) is 0 Å². The van der Waals surface area contributed by atoms with E-state index in [2.05, 4.69) is 34.0 Å². The highest BCUT2D eigenvalue weighted by Crippen LogP contribution is 2.24. The summed E-state index contributed by atoms with van der Waals surface area (Å²) in [6.45, 7) is 4.10. The summed E-state index contributed by atoms with van der Waals surface area (Å²) < 4.78 is 0. The Morgan fingerprint density at radius 2 is 1.94 bits per heavy atom. The molecule has 0 saturated heterocycles. The molecule has 0 saturated carbocycles. The molecule has 1 aromatic carbocycles. The first-order chi connectivity index (χ1) is 8.63. The maximum atomic E-state index is 9.44. The zero-order chi connectivity index (χ0) is 12.7. The van der Waals surface area contributed by atoms with Crippen LogP contribution >= 0.6 is 0 Å². The summed E-state index contributed by atoms with van der Waals surface area (Å²) in [5.74, 6) is 0.864. The predicted molar refractivity (Wildman–Crippen MR) is 70.5 cm³/mol. The number of aromatic amines is 1. The summed E-state index contributed by atoms with van der Waals surface area (Å²) in [7, 11) is 0. The maximum absolute atomic E-state index is 9.44. The van der Waals surface area contributed by atoms with Crippen molar-refractivity contribution in [3.63, 3.8) is 0 Å². The van der Waals surface area contributed by atoms with Crippen molar-refractivity contribution in [3.05, 3.63) is 41.7 Å². The molecule has 0 aliphatic carbocycles. The van der Waals surface area contributed by atoms with E-state index in [0.29, 0.717) is 0 Å². The highest BCUT2D eigenvalue weighted by atomic mass is 16.3. The van der Waals surface area contributed by atoms with E-state index in [9.17, 15) is 5.11 Å². The molecule has 0 aliphatic heterocycles. The van der Waals surface area contributed by atoms with E-state index in [1.54, 1.807) is 12.3 Å². The number of imidazole rings is 1. The minimum atomic E-state index is 0.140. The summed E-state index contributed by atoms with van der Waals surface area (Å²) in [5.41, 5.74) is 5.08. The lowest BCUT2D eigenvalue weighted by atomic mass is 10.1. The standard InChI is InChI=1S/C14H13N3O/c1-8-3-9(2)13-12(4-8)16-14(17-13)10-5-11(18)7-15-6-10/h3-7,18H,1-2H3,(H,16,17). The molecule has 0 bridgehead atoms. The zero-order valence-electron chi connectivity index (χ0n) is 10.2. The molecule has 0 radical (unpaired) electrons. The first-order valence-electron chi connectivity index (χ1n) is 5.75. The molecule has 0 fully saturated rings. The van der Waals surface area contributed by atoms with Crippen LogP contribution in [0, 0.1) is 13.8 Å². The second kappa shape index (κ2) is 3.84. The summed E-state index contributed by atoms with van der Waals surface area (Å²) >= 11 is 0. The topological polar surface area (TPSA) is 61.8 Å². The second-order valence-corrected chi connectivity index (χ2v) is 4.50. The molecule has 0 aliphatic rings. The number of hydrogen-bond donors (Lipinski definition) is 2. The monoisotopic (exact) mass is 239 g/mol. The van der Waals surface area contributed by atoms with E-state index in [0.717, 1.165) is 28.0 Å². The van der Waals surface area contributed by atoms with Gasteiger partial charge in [0, 0.05) is 11.8 Å². The van der Waals surface area contributed by atoms with Crippen LogP contribution < -0.4 is 0 Å². The number of aromatic nitrogens is 3. The third-order valence-corrected chi connectivity index (χ3v) is 2.92. The first kappa shape index (κ1) is 10.8. The fourth-order valence-corrected chi connectivity index (χ4v) is 2.16. The lowest BCUT2D eigenvalue weighted by molar-refractivity contribution is 0.473. The molecule has 0 amide bonds. The quantitative estimate of drug-likeness (QED) is 0.686.